The number of carbonyl (C=O) groups excluding carboxylic acids is 1. The lowest BCUT2D eigenvalue weighted by Crippen LogP contribution is -2.41. The van der Waals surface area contributed by atoms with Crippen LogP contribution in [0.2, 0.25) is 0 Å². The third-order valence-corrected chi connectivity index (χ3v) is 5.33. The molecule has 6 nitrogen and oxygen atoms in total. The van der Waals surface area contributed by atoms with Crippen molar-refractivity contribution in [3.05, 3.63) is 46.7 Å². The van der Waals surface area contributed by atoms with Crippen molar-refractivity contribution in [2.45, 2.75) is 25.9 Å². The molecule has 0 bridgehead atoms. The number of carbonyl (C=O) groups is 1. The lowest BCUT2D eigenvalue weighted by Gasteiger charge is -2.30. The molecular weight excluding hydrogens is 353 g/mol. The molecule has 1 fully saturated rings. The van der Waals surface area contributed by atoms with Gasteiger partial charge in [-0.15, -0.1) is 0 Å². The number of halogens is 1. The van der Waals surface area contributed by atoms with Crippen molar-refractivity contribution in [2.75, 3.05) is 19.6 Å². The molecule has 140 valence electrons. The Balaban J connectivity index is 1.41. The van der Waals surface area contributed by atoms with Crippen LogP contribution in [0, 0.1) is 16.5 Å². The summed E-state index contributed by atoms with van der Waals surface area (Å²) in [6.07, 6.45) is 3.84. The van der Waals surface area contributed by atoms with E-state index in [1.54, 1.807) is 23.1 Å². The number of aromatic nitrogens is 3. The highest BCUT2D eigenvalue weighted by molar-refractivity contribution is 7.71. The van der Waals surface area contributed by atoms with E-state index in [-0.39, 0.29) is 17.6 Å². The summed E-state index contributed by atoms with van der Waals surface area (Å²) in [5.41, 5.74) is 0.634. The SMILES string of the molecule is Cn1cnn(CN2CCC(C(=O)NCCc3ccccc3F)CC2)c1=S. The van der Waals surface area contributed by atoms with Crippen LogP contribution in [-0.2, 0) is 24.9 Å². The van der Waals surface area contributed by atoms with E-state index in [0.29, 0.717) is 30.0 Å². The molecule has 0 atom stereocenters. The molecule has 1 aromatic carbocycles. The number of likely N-dealkylation sites (tertiary alicyclic amines) is 1. The molecule has 1 aliphatic heterocycles. The van der Waals surface area contributed by atoms with Crippen LogP contribution in [0.4, 0.5) is 4.39 Å². The summed E-state index contributed by atoms with van der Waals surface area (Å²) in [7, 11) is 1.88. The van der Waals surface area contributed by atoms with Gasteiger partial charge in [0.1, 0.15) is 12.1 Å². The van der Waals surface area contributed by atoms with Gasteiger partial charge in [-0.1, -0.05) is 18.2 Å². The van der Waals surface area contributed by atoms with Crippen LogP contribution in [0.15, 0.2) is 30.6 Å². The second kappa shape index (κ2) is 8.55. The maximum absolute atomic E-state index is 13.6. The van der Waals surface area contributed by atoms with Crippen molar-refractivity contribution in [2.24, 2.45) is 13.0 Å². The molecule has 1 aromatic heterocycles. The molecule has 2 heterocycles. The fourth-order valence-corrected chi connectivity index (χ4v) is 3.36. The van der Waals surface area contributed by atoms with E-state index in [9.17, 15) is 9.18 Å². The molecular formula is C18H24FN5OS. The van der Waals surface area contributed by atoms with Crippen LogP contribution >= 0.6 is 12.2 Å². The van der Waals surface area contributed by atoms with Crippen LogP contribution in [-0.4, -0.2) is 44.8 Å². The molecule has 0 unspecified atom stereocenters. The fourth-order valence-electron chi connectivity index (χ4n) is 3.21. The minimum atomic E-state index is -0.219. The summed E-state index contributed by atoms with van der Waals surface area (Å²) in [4.78, 5) is 14.6. The van der Waals surface area contributed by atoms with Crippen molar-refractivity contribution in [1.29, 1.82) is 0 Å². The molecule has 2 aromatic rings. The molecule has 1 aliphatic rings. The number of hydrogen-bond acceptors (Lipinski definition) is 4. The average molecular weight is 377 g/mol. The zero-order valence-corrected chi connectivity index (χ0v) is 15.7. The lowest BCUT2D eigenvalue weighted by atomic mass is 9.96. The Bertz CT molecular complexity index is 810. The number of piperidine rings is 1. The summed E-state index contributed by atoms with van der Waals surface area (Å²) in [5.74, 6) is -0.137. The van der Waals surface area contributed by atoms with Crippen molar-refractivity contribution in [1.82, 2.24) is 24.6 Å². The average Bonchev–Trinajstić information content (AvgIpc) is 2.96. The predicted molar refractivity (Wildman–Crippen MR) is 99.4 cm³/mol. The van der Waals surface area contributed by atoms with E-state index in [1.807, 2.05) is 17.7 Å². The summed E-state index contributed by atoms with van der Waals surface area (Å²) in [6.45, 7) is 2.79. The van der Waals surface area contributed by atoms with Gasteiger partial charge in [0, 0.05) is 32.6 Å². The van der Waals surface area contributed by atoms with E-state index >= 15 is 0 Å². The van der Waals surface area contributed by atoms with Gasteiger partial charge in [0.05, 0.1) is 6.67 Å². The van der Waals surface area contributed by atoms with Gasteiger partial charge in [-0.05, 0) is 43.1 Å². The summed E-state index contributed by atoms with van der Waals surface area (Å²) >= 11 is 5.30. The topological polar surface area (TPSA) is 55.1 Å². The molecule has 0 spiro atoms. The highest BCUT2D eigenvalue weighted by atomic mass is 32.1. The summed E-state index contributed by atoms with van der Waals surface area (Å²) in [5, 5.41) is 7.21. The van der Waals surface area contributed by atoms with Crippen LogP contribution in [0.1, 0.15) is 18.4 Å². The molecule has 1 amide bonds. The van der Waals surface area contributed by atoms with Crippen LogP contribution in [0.3, 0.4) is 0 Å². The largest absolute Gasteiger partial charge is 0.356 e. The van der Waals surface area contributed by atoms with Crippen LogP contribution < -0.4 is 5.32 Å². The quantitative estimate of drug-likeness (QED) is 0.784. The first-order valence-corrected chi connectivity index (χ1v) is 9.27. The van der Waals surface area contributed by atoms with Gasteiger partial charge < -0.3 is 9.88 Å². The normalized spacial score (nSPS) is 15.9. The number of hydrogen-bond donors (Lipinski definition) is 1. The van der Waals surface area contributed by atoms with Crippen LogP contribution in [0.5, 0.6) is 0 Å². The Labute approximate surface area is 157 Å². The van der Waals surface area contributed by atoms with E-state index in [0.717, 1.165) is 25.9 Å². The number of amides is 1. The second-order valence-electron chi connectivity index (χ2n) is 6.69. The maximum atomic E-state index is 13.6. The van der Waals surface area contributed by atoms with Gasteiger partial charge in [0.25, 0.3) is 0 Å². The second-order valence-corrected chi connectivity index (χ2v) is 7.06. The molecule has 26 heavy (non-hydrogen) atoms. The van der Waals surface area contributed by atoms with Gasteiger partial charge in [0.2, 0.25) is 5.91 Å². The van der Waals surface area contributed by atoms with E-state index in [2.05, 4.69) is 15.3 Å². The number of nitrogens with zero attached hydrogens (tertiary/aromatic N) is 4. The third kappa shape index (κ3) is 4.56. The predicted octanol–water partition coefficient (Wildman–Crippen LogP) is 2.12. The van der Waals surface area contributed by atoms with Crippen LogP contribution in [0.25, 0.3) is 0 Å². The first-order valence-electron chi connectivity index (χ1n) is 8.86. The highest BCUT2D eigenvalue weighted by Gasteiger charge is 2.25. The minimum absolute atomic E-state index is 0.0172. The molecule has 0 saturated carbocycles. The first-order chi connectivity index (χ1) is 12.5. The summed E-state index contributed by atoms with van der Waals surface area (Å²) in [6, 6.07) is 6.68. The molecule has 8 heteroatoms. The van der Waals surface area contributed by atoms with Crippen molar-refractivity contribution >= 4 is 18.1 Å². The lowest BCUT2D eigenvalue weighted by molar-refractivity contribution is -0.126. The Morgan fingerprint density at radius 3 is 2.73 bits per heavy atom. The molecule has 0 aliphatic carbocycles. The number of aryl methyl sites for hydroxylation is 1. The number of rotatable bonds is 6. The standard InChI is InChI=1S/C18H24FN5OS/c1-22-12-21-24(18(22)26)13-23-10-7-15(8-11-23)17(25)20-9-6-14-4-2-3-5-16(14)19/h2-5,12,15H,6-11,13H2,1H3,(H,20,25). The summed E-state index contributed by atoms with van der Waals surface area (Å²) < 4.78 is 17.9. The molecule has 1 saturated heterocycles. The van der Waals surface area contributed by atoms with Crippen molar-refractivity contribution in [3.8, 4) is 0 Å². The Morgan fingerprint density at radius 1 is 1.35 bits per heavy atom. The van der Waals surface area contributed by atoms with Crippen molar-refractivity contribution in [3.63, 3.8) is 0 Å². The monoisotopic (exact) mass is 377 g/mol. The first kappa shape index (κ1) is 18.7. The fraction of sp³-hybridized carbons (Fsp3) is 0.500. The van der Waals surface area contributed by atoms with Gasteiger partial charge in [-0.2, -0.15) is 5.10 Å². The number of benzene rings is 1. The molecule has 3 rings (SSSR count). The third-order valence-electron chi connectivity index (χ3n) is 4.83. The Hall–Kier alpha value is -2.06. The minimum Gasteiger partial charge on any atom is -0.356 e. The maximum Gasteiger partial charge on any atom is 0.223 e. The smallest absolute Gasteiger partial charge is 0.223 e. The van der Waals surface area contributed by atoms with Gasteiger partial charge in [-0.25, -0.2) is 9.07 Å². The van der Waals surface area contributed by atoms with E-state index < -0.39 is 0 Å². The highest BCUT2D eigenvalue weighted by Crippen LogP contribution is 2.18. The number of nitrogens with one attached hydrogen (secondary N) is 1. The van der Waals surface area contributed by atoms with E-state index in [4.69, 9.17) is 12.2 Å². The van der Waals surface area contributed by atoms with Gasteiger partial charge in [0.15, 0.2) is 4.77 Å². The van der Waals surface area contributed by atoms with Gasteiger partial charge in [-0.3, -0.25) is 9.69 Å². The van der Waals surface area contributed by atoms with E-state index in [1.165, 1.54) is 6.07 Å². The van der Waals surface area contributed by atoms with Crippen molar-refractivity contribution < 1.29 is 9.18 Å². The molecule has 1 N–H and O–H groups in total. The Morgan fingerprint density at radius 2 is 2.08 bits per heavy atom. The zero-order valence-electron chi connectivity index (χ0n) is 14.9. The Kier molecular flexibility index (Phi) is 6.16. The zero-order chi connectivity index (χ0) is 18.5. The molecule has 0 radical (unpaired) electrons. The van der Waals surface area contributed by atoms with Gasteiger partial charge >= 0.3 is 0 Å².